The van der Waals surface area contributed by atoms with Gasteiger partial charge >= 0.3 is 5.76 Å². The maximum atomic E-state index is 12.6. The van der Waals surface area contributed by atoms with E-state index in [0.717, 1.165) is 17.7 Å². The Kier molecular flexibility index (Phi) is 5.89. The third-order valence-corrected chi connectivity index (χ3v) is 5.39. The van der Waals surface area contributed by atoms with Crippen molar-refractivity contribution in [3.8, 4) is 5.75 Å². The van der Waals surface area contributed by atoms with Crippen molar-refractivity contribution in [3.05, 3.63) is 53.6 Å². The molecule has 0 saturated heterocycles. The van der Waals surface area contributed by atoms with E-state index >= 15 is 0 Å². The highest BCUT2D eigenvalue weighted by molar-refractivity contribution is 7.91. The summed E-state index contributed by atoms with van der Waals surface area (Å²) in [7, 11) is -3.22. The van der Waals surface area contributed by atoms with Crippen LogP contribution in [0.1, 0.15) is 36.7 Å². The first-order valence-electron chi connectivity index (χ1n) is 8.09. The smallest absolute Gasteiger partial charge is 0.341 e. The molecule has 0 atom stereocenters. The Bertz CT molecular complexity index is 933. The molecule has 8 heteroatoms. The lowest BCUT2D eigenvalue weighted by Gasteiger charge is -2.21. The Balaban J connectivity index is 2.30. The number of alkyl halides is 2. The number of nitrogens with one attached hydrogen (secondary N) is 1. The van der Waals surface area contributed by atoms with Crippen LogP contribution in [0, 0.1) is 0 Å². The Labute approximate surface area is 157 Å². The van der Waals surface area contributed by atoms with E-state index in [0.29, 0.717) is 11.4 Å². The van der Waals surface area contributed by atoms with Gasteiger partial charge in [0.15, 0.2) is 0 Å². The monoisotopic (exact) mass is 397 g/mol. The van der Waals surface area contributed by atoms with Gasteiger partial charge in [0.2, 0.25) is 9.84 Å². The highest BCUT2D eigenvalue weighted by Crippen LogP contribution is 2.31. The van der Waals surface area contributed by atoms with Crippen LogP contribution in [-0.2, 0) is 15.3 Å². The molecule has 0 saturated carbocycles. The minimum atomic E-state index is -4.70. The van der Waals surface area contributed by atoms with Crippen molar-refractivity contribution in [2.75, 3.05) is 12.4 Å². The van der Waals surface area contributed by atoms with E-state index < -0.39 is 26.4 Å². The van der Waals surface area contributed by atoms with Gasteiger partial charge in [-0.1, -0.05) is 26.8 Å². The van der Waals surface area contributed by atoms with Crippen LogP contribution in [0.2, 0.25) is 0 Å². The van der Waals surface area contributed by atoms with Crippen molar-refractivity contribution in [1.82, 2.24) is 0 Å². The third-order valence-electron chi connectivity index (χ3n) is 3.99. The van der Waals surface area contributed by atoms with Gasteiger partial charge in [-0.25, -0.2) is 8.42 Å². The zero-order valence-corrected chi connectivity index (χ0v) is 16.2. The topological polar surface area (TPSA) is 72.5 Å². The average Bonchev–Trinajstić information content (AvgIpc) is 2.60. The van der Waals surface area contributed by atoms with Gasteiger partial charge in [-0.3, -0.25) is 4.79 Å². The summed E-state index contributed by atoms with van der Waals surface area (Å²) in [4.78, 5) is 11.9. The number of rotatable bonds is 5. The normalized spacial score (nSPS) is 12.1. The number of hydrogen-bond donors (Lipinski definition) is 1. The number of halogens is 2. The fourth-order valence-electron chi connectivity index (χ4n) is 2.37. The SMILES string of the molecule is COc1ccc(C(C)(C)C)cc1NC(=O)c1ccc(S(=O)(=O)C(F)F)cc1. The van der Waals surface area contributed by atoms with Gasteiger partial charge < -0.3 is 10.1 Å². The fourth-order valence-corrected chi connectivity index (χ4v) is 3.09. The molecule has 0 aliphatic heterocycles. The van der Waals surface area contributed by atoms with Gasteiger partial charge in [0, 0.05) is 5.56 Å². The van der Waals surface area contributed by atoms with E-state index in [1.807, 2.05) is 26.8 Å². The highest BCUT2D eigenvalue weighted by atomic mass is 32.2. The minimum absolute atomic E-state index is 0.131. The Morgan fingerprint density at radius 2 is 1.67 bits per heavy atom. The first-order valence-corrected chi connectivity index (χ1v) is 9.63. The van der Waals surface area contributed by atoms with Crippen LogP contribution in [0.15, 0.2) is 47.4 Å². The summed E-state index contributed by atoms with van der Waals surface area (Å²) in [6.07, 6.45) is 0. The molecule has 146 valence electrons. The Morgan fingerprint density at radius 3 is 2.15 bits per heavy atom. The Morgan fingerprint density at radius 1 is 1.07 bits per heavy atom. The maximum absolute atomic E-state index is 12.6. The maximum Gasteiger partial charge on any atom is 0.341 e. The molecule has 5 nitrogen and oxygen atoms in total. The fraction of sp³-hybridized carbons (Fsp3) is 0.316. The molecule has 0 aliphatic carbocycles. The van der Waals surface area contributed by atoms with Gasteiger partial charge in [0.1, 0.15) is 5.75 Å². The van der Waals surface area contributed by atoms with Gasteiger partial charge in [-0.2, -0.15) is 8.78 Å². The molecule has 0 aromatic heterocycles. The zero-order valence-electron chi connectivity index (χ0n) is 15.4. The standard InChI is InChI=1S/C19H21F2NO4S/c1-19(2,3)13-7-10-16(26-4)15(11-13)22-17(23)12-5-8-14(9-6-12)27(24,25)18(20)21/h5-11,18H,1-4H3,(H,22,23). The molecule has 0 radical (unpaired) electrons. The molecule has 0 fully saturated rings. The lowest BCUT2D eigenvalue weighted by atomic mass is 9.87. The number of amides is 1. The molecule has 0 aliphatic rings. The molecule has 2 aromatic rings. The predicted octanol–water partition coefficient (Wildman–Crippen LogP) is 4.24. The minimum Gasteiger partial charge on any atom is -0.495 e. The number of anilines is 1. The molecule has 0 bridgehead atoms. The summed E-state index contributed by atoms with van der Waals surface area (Å²) >= 11 is 0. The van der Waals surface area contributed by atoms with Crippen LogP contribution < -0.4 is 10.1 Å². The zero-order chi connectivity index (χ0) is 20.4. The second kappa shape index (κ2) is 7.64. The highest BCUT2D eigenvalue weighted by Gasteiger charge is 2.26. The summed E-state index contributed by atoms with van der Waals surface area (Å²) in [5.74, 6) is -3.56. The molecule has 1 N–H and O–H groups in total. The van der Waals surface area contributed by atoms with Crippen LogP contribution >= 0.6 is 0 Å². The number of sulfone groups is 1. The van der Waals surface area contributed by atoms with Crippen molar-refractivity contribution >= 4 is 21.4 Å². The van der Waals surface area contributed by atoms with Crippen LogP contribution in [0.5, 0.6) is 5.75 Å². The summed E-state index contributed by atoms with van der Waals surface area (Å²) in [5, 5.41) is 2.71. The van der Waals surface area contributed by atoms with E-state index in [1.54, 1.807) is 12.1 Å². The number of benzene rings is 2. The lowest BCUT2D eigenvalue weighted by Crippen LogP contribution is -2.16. The van der Waals surface area contributed by atoms with E-state index in [9.17, 15) is 22.0 Å². The quantitative estimate of drug-likeness (QED) is 0.819. The first-order chi connectivity index (χ1) is 12.5. The number of hydrogen-bond acceptors (Lipinski definition) is 4. The van der Waals surface area contributed by atoms with E-state index in [2.05, 4.69) is 5.32 Å². The number of carbonyl (C=O) groups excluding carboxylic acids is 1. The van der Waals surface area contributed by atoms with E-state index in [4.69, 9.17) is 4.74 Å². The van der Waals surface area contributed by atoms with Crippen LogP contribution in [-0.4, -0.2) is 27.2 Å². The van der Waals surface area contributed by atoms with Crippen molar-refractivity contribution in [3.63, 3.8) is 0 Å². The largest absolute Gasteiger partial charge is 0.495 e. The van der Waals surface area contributed by atoms with E-state index in [-0.39, 0.29) is 11.0 Å². The summed E-state index contributed by atoms with van der Waals surface area (Å²) in [6.45, 7) is 6.09. The van der Waals surface area contributed by atoms with Crippen LogP contribution in [0.4, 0.5) is 14.5 Å². The van der Waals surface area contributed by atoms with Crippen molar-refractivity contribution in [2.24, 2.45) is 0 Å². The number of carbonyl (C=O) groups is 1. The molecule has 2 aromatic carbocycles. The molecule has 0 heterocycles. The molecule has 27 heavy (non-hydrogen) atoms. The molecule has 0 unspecified atom stereocenters. The van der Waals surface area contributed by atoms with Crippen LogP contribution in [0.3, 0.4) is 0 Å². The molecule has 0 spiro atoms. The molecular formula is C19H21F2NO4S. The van der Waals surface area contributed by atoms with Crippen molar-refractivity contribution in [1.29, 1.82) is 0 Å². The predicted molar refractivity (Wildman–Crippen MR) is 99.3 cm³/mol. The second-order valence-electron chi connectivity index (χ2n) is 6.95. The average molecular weight is 397 g/mol. The van der Waals surface area contributed by atoms with Crippen molar-refractivity contribution in [2.45, 2.75) is 36.8 Å². The summed E-state index contributed by atoms with van der Waals surface area (Å²) in [6, 6.07) is 9.78. The van der Waals surface area contributed by atoms with Gasteiger partial charge in [0.05, 0.1) is 17.7 Å². The van der Waals surface area contributed by atoms with E-state index in [1.165, 1.54) is 19.2 Å². The molecule has 2 rings (SSSR count). The Hall–Kier alpha value is -2.48. The lowest BCUT2D eigenvalue weighted by molar-refractivity contribution is 0.102. The first kappa shape index (κ1) is 20.8. The summed E-state index contributed by atoms with van der Waals surface area (Å²) < 4.78 is 53.3. The van der Waals surface area contributed by atoms with Gasteiger partial charge in [0.25, 0.3) is 5.91 Å². The molecule has 1 amide bonds. The van der Waals surface area contributed by atoms with Crippen LogP contribution in [0.25, 0.3) is 0 Å². The second-order valence-corrected chi connectivity index (χ2v) is 8.87. The third kappa shape index (κ3) is 4.63. The number of methoxy groups -OCH3 is 1. The van der Waals surface area contributed by atoms with Gasteiger partial charge in [-0.05, 0) is 47.4 Å². The number of ether oxygens (including phenoxy) is 1. The summed E-state index contributed by atoms with van der Waals surface area (Å²) in [5.41, 5.74) is 1.43. The van der Waals surface area contributed by atoms with Gasteiger partial charge in [-0.15, -0.1) is 0 Å². The molecular weight excluding hydrogens is 376 g/mol. The van der Waals surface area contributed by atoms with Crippen molar-refractivity contribution < 1.29 is 26.7 Å².